The maximum absolute atomic E-state index is 6.14. The summed E-state index contributed by atoms with van der Waals surface area (Å²) in [5.41, 5.74) is 1.51. The highest BCUT2D eigenvalue weighted by Gasteiger charge is 2.32. The number of methoxy groups -OCH3 is 1. The van der Waals surface area contributed by atoms with Crippen molar-refractivity contribution in [1.29, 1.82) is 0 Å². The number of hydrogen-bond donors (Lipinski definition) is 1. The van der Waals surface area contributed by atoms with Gasteiger partial charge in [-0.1, -0.05) is 23.2 Å². The molecule has 0 saturated carbocycles. The van der Waals surface area contributed by atoms with Crippen LogP contribution in [0.25, 0.3) is 10.9 Å². The van der Waals surface area contributed by atoms with Gasteiger partial charge in [-0.25, -0.2) is 9.97 Å². The summed E-state index contributed by atoms with van der Waals surface area (Å²) in [6, 6.07) is 9.65. The highest BCUT2D eigenvalue weighted by atomic mass is 35.5. The van der Waals surface area contributed by atoms with E-state index in [4.69, 9.17) is 37.4 Å². The molecule has 2 fully saturated rings. The third-order valence-corrected chi connectivity index (χ3v) is 6.73. The molecule has 2 aromatic carbocycles. The Labute approximate surface area is 208 Å². The van der Waals surface area contributed by atoms with Gasteiger partial charge < -0.3 is 19.5 Å². The highest BCUT2D eigenvalue weighted by molar-refractivity contribution is 6.42. The van der Waals surface area contributed by atoms with Gasteiger partial charge in [0, 0.05) is 29.7 Å². The quantitative estimate of drug-likeness (QED) is 0.478. The summed E-state index contributed by atoms with van der Waals surface area (Å²) in [6.45, 7) is 3.29. The molecule has 2 saturated heterocycles. The van der Waals surface area contributed by atoms with Crippen molar-refractivity contribution < 1.29 is 14.2 Å². The van der Waals surface area contributed by atoms with Crippen LogP contribution in [0, 0.1) is 0 Å². The fraction of sp³-hybridized carbons (Fsp3) is 0.391. The lowest BCUT2D eigenvalue weighted by molar-refractivity contribution is -0.0655. The summed E-state index contributed by atoms with van der Waals surface area (Å²) >= 11 is 12.2. The monoisotopic (exact) mass is 510 g/mol. The predicted octanol–water partition coefficient (Wildman–Crippen LogP) is 5.35. The zero-order valence-electron chi connectivity index (χ0n) is 18.1. The first-order valence-electron chi connectivity index (χ1n) is 10.6. The van der Waals surface area contributed by atoms with Crippen molar-refractivity contribution in [2.24, 2.45) is 0 Å². The zero-order chi connectivity index (χ0) is 22.1. The molecule has 176 valence electrons. The minimum absolute atomic E-state index is 0. The summed E-state index contributed by atoms with van der Waals surface area (Å²) in [7, 11) is 1.62. The van der Waals surface area contributed by atoms with E-state index in [2.05, 4.69) is 20.2 Å². The maximum Gasteiger partial charge on any atom is 0.163 e. The SMILES string of the molecule is COc1cc2c(Nc3ccc(Cl)c(Cl)c3)ncnc2cc1OC[C@H]1CN2CCC[C@H]2CO1.Cl. The number of nitrogens with one attached hydrogen (secondary N) is 1. The van der Waals surface area contributed by atoms with Crippen LogP contribution in [0.1, 0.15) is 12.8 Å². The van der Waals surface area contributed by atoms with E-state index in [0.717, 1.165) is 36.3 Å². The van der Waals surface area contributed by atoms with E-state index in [1.165, 1.54) is 19.2 Å². The van der Waals surface area contributed by atoms with Crippen molar-refractivity contribution in [3.05, 3.63) is 46.7 Å². The van der Waals surface area contributed by atoms with Gasteiger partial charge >= 0.3 is 0 Å². The molecule has 33 heavy (non-hydrogen) atoms. The third kappa shape index (κ3) is 5.23. The molecule has 2 aliphatic rings. The van der Waals surface area contributed by atoms with E-state index in [1.54, 1.807) is 19.2 Å². The second-order valence-corrected chi connectivity index (χ2v) is 8.87. The number of benzene rings is 2. The molecular formula is C23H25Cl3N4O3. The van der Waals surface area contributed by atoms with Crippen LogP contribution in [0.4, 0.5) is 11.5 Å². The molecule has 2 atom stereocenters. The molecule has 3 heterocycles. The number of hydrogen-bond acceptors (Lipinski definition) is 7. The molecular weight excluding hydrogens is 487 g/mol. The van der Waals surface area contributed by atoms with Crippen LogP contribution < -0.4 is 14.8 Å². The Morgan fingerprint density at radius 1 is 1.15 bits per heavy atom. The summed E-state index contributed by atoms with van der Waals surface area (Å²) in [6.07, 6.45) is 4.03. The van der Waals surface area contributed by atoms with Crippen LogP contribution >= 0.6 is 35.6 Å². The van der Waals surface area contributed by atoms with Crippen LogP contribution in [0.2, 0.25) is 10.0 Å². The molecule has 10 heteroatoms. The number of aromatic nitrogens is 2. The molecule has 0 amide bonds. The third-order valence-electron chi connectivity index (χ3n) is 5.99. The molecule has 2 aliphatic heterocycles. The Hall–Kier alpha value is -2.03. The Morgan fingerprint density at radius 2 is 2.03 bits per heavy atom. The van der Waals surface area contributed by atoms with Crippen LogP contribution in [0.5, 0.6) is 11.5 Å². The lowest BCUT2D eigenvalue weighted by Crippen LogP contribution is -2.48. The predicted molar refractivity (Wildman–Crippen MR) is 133 cm³/mol. The number of rotatable bonds is 6. The number of anilines is 2. The average Bonchev–Trinajstić information content (AvgIpc) is 3.27. The van der Waals surface area contributed by atoms with Gasteiger partial charge in [0.15, 0.2) is 11.5 Å². The van der Waals surface area contributed by atoms with E-state index in [1.807, 2.05) is 18.2 Å². The van der Waals surface area contributed by atoms with Gasteiger partial charge in [0.25, 0.3) is 0 Å². The Bertz CT molecular complexity index is 1130. The van der Waals surface area contributed by atoms with Crippen molar-refractivity contribution in [3.63, 3.8) is 0 Å². The summed E-state index contributed by atoms with van der Waals surface area (Å²) < 4.78 is 17.7. The van der Waals surface area contributed by atoms with Crippen LogP contribution in [-0.4, -0.2) is 60.4 Å². The van der Waals surface area contributed by atoms with Gasteiger partial charge in [0.05, 0.1) is 29.3 Å². The van der Waals surface area contributed by atoms with Gasteiger partial charge in [0.2, 0.25) is 0 Å². The van der Waals surface area contributed by atoms with E-state index < -0.39 is 0 Å². The molecule has 5 rings (SSSR count). The lowest BCUT2D eigenvalue weighted by atomic mass is 10.2. The van der Waals surface area contributed by atoms with Crippen LogP contribution in [-0.2, 0) is 4.74 Å². The Kier molecular flexibility index (Phi) is 7.66. The minimum atomic E-state index is 0. The summed E-state index contributed by atoms with van der Waals surface area (Å²) in [5, 5.41) is 5.04. The fourth-order valence-electron chi connectivity index (χ4n) is 4.32. The number of nitrogens with zero attached hydrogens (tertiary/aromatic N) is 3. The second-order valence-electron chi connectivity index (χ2n) is 8.05. The summed E-state index contributed by atoms with van der Waals surface area (Å²) in [4.78, 5) is 11.3. The molecule has 0 aliphatic carbocycles. The standard InChI is InChI=1S/C23H24Cl2N4O3.ClH/c1-30-21-8-17-20(26-13-27-23(17)28-14-4-5-18(24)19(25)7-14)9-22(21)32-12-16-10-29-6-2-3-15(29)11-31-16;/h4-5,7-9,13,15-16H,2-3,6,10-12H2,1H3,(H,26,27,28);1H/t15-,16+;/m0./s1. The molecule has 1 aromatic heterocycles. The zero-order valence-corrected chi connectivity index (χ0v) is 20.4. The number of halogens is 3. The van der Waals surface area contributed by atoms with E-state index >= 15 is 0 Å². The maximum atomic E-state index is 6.14. The molecule has 0 bridgehead atoms. The molecule has 1 N–H and O–H groups in total. The van der Waals surface area contributed by atoms with Crippen LogP contribution in [0.3, 0.4) is 0 Å². The van der Waals surface area contributed by atoms with Gasteiger partial charge in [-0.05, 0) is 43.7 Å². The first-order chi connectivity index (χ1) is 15.6. The Balaban J connectivity index is 0.00000259. The van der Waals surface area contributed by atoms with Crippen molar-refractivity contribution in [3.8, 4) is 11.5 Å². The van der Waals surface area contributed by atoms with Gasteiger partial charge in [0.1, 0.15) is 24.9 Å². The number of morpholine rings is 1. The van der Waals surface area contributed by atoms with Crippen molar-refractivity contribution >= 4 is 58.0 Å². The van der Waals surface area contributed by atoms with Crippen molar-refractivity contribution in [2.75, 3.05) is 38.7 Å². The van der Waals surface area contributed by atoms with Crippen LogP contribution in [0.15, 0.2) is 36.7 Å². The smallest absolute Gasteiger partial charge is 0.163 e. The van der Waals surface area contributed by atoms with E-state index in [9.17, 15) is 0 Å². The first-order valence-corrected chi connectivity index (χ1v) is 11.4. The van der Waals surface area contributed by atoms with Crippen molar-refractivity contribution in [2.45, 2.75) is 25.0 Å². The molecule has 7 nitrogen and oxygen atoms in total. The number of ether oxygens (including phenoxy) is 3. The van der Waals surface area contributed by atoms with Crippen molar-refractivity contribution in [1.82, 2.24) is 14.9 Å². The van der Waals surface area contributed by atoms with Gasteiger partial charge in [-0.2, -0.15) is 0 Å². The molecule has 0 spiro atoms. The molecule has 0 unspecified atom stereocenters. The van der Waals surface area contributed by atoms with Gasteiger partial charge in [-0.15, -0.1) is 12.4 Å². The topological polar surface area (TPSA) is 68.7 Å². The fourth-order valence-corrected chi connectivity index (χ4v) is 4.61. The largest absolute Gasteiger partial charge is 0.493 e. The Morgan fingerprint density at radius 3 is 2.85 bits per heavy atom. The highest BCUT2D eigenvalue weighted by Crippen LogP contribution is 2.36. The van der Waals surface area contributed by atoms with Gasteiger partial charge in [-0.3, -0.25) is 4.90 Å². The van der Waals surface area contributed by atoms with E-state index in [-0.39, 0.29) is 18.5 Å². The average molecular weight is 512 g/mol. The normalized spacial score (nSPS) is 20.2. The molecule has 0 radical (unpaired) electrons. The van der Waals surface area contributed by atoms with E-state index in [0.29, 0.717) is 40.0 Å². The lowest BCUT2D eigenvalue weighted by Gasteiger charge is -2.35. The first kappa shape index (κ1) is 24.1. The summed E-state index contributed by atoms with van der Waals surface area (Å²) in [5.74, 6) is 1.87. The molecule has 3 aromatic rings. The second kappa shape index (κ2) is 10.5. The number of fused-ring (bicyclic) bond motifs is 2. The minimum Gasteiger partial charge on any atom is -0.493 e.